The summed E-state index contributed by atoms with van der Waals surface area (Å²) in [5, 5.41) is 0.841. The maximum absolute atomic E-state index is 12.2. The van der Waals surface area contributed by atoms with Gasteiger partial charge in [0.2, 0.25) is 5.91 Å². The number of hydrogen-bond donors (Lipinski definition) is 1. The molecule has 3 rings (SSSR count). The first-order valence-corrected chi connectivity index (χ1v) is 8.92. The molecule has 132 valence electrons. The number of nitrogens with zero attached hydrogens (tertiary/aromatic N) is 4. The predicted molar refractivity (Wildman–Crippen MR) is 97.9 cm³/mol. The highest BCUT2D eigenvalue weighted by molar-refractivity contribution is 7.99. The number of thioether (sulfide) groups is 1. The molecule has 0 spiro atoms. The number of rotatable bonds is 7. The molecule has 2 aromatic heterocycles. The average molecular weight is 359 g/mol. The van der Waals surface area contributed by atoms with Gasteiger partial charge in [-0.3, -0.25) is 4.79 Å². The smallest absolute Gasteiger partial charge is 0.232 e. The van der Waals surface area contributed by atoms with Gasteiger partial charge in [0, 0.05) is 45.5 Å². The summed E-state index contributed by atoms with van der Waals surface area (Å²) >= 11 is 1.44. The van der Waals surface area contributed by atoms with Crippen LogP contribution in [0.4, 0.5) is 0 Å². The first-order chi connectivity index (χ1) is 12.1. The number of imidazole rings is 2. The van der Waals surface area contributed by atoms with Gasteiger partial charge in [-0.25, -0.2) is 9.97 Å². The van der Waals surface area contributed by atoms with Gasteiger partial charge in [0.05, 0.1) is 23.9 Å². The van der Waals surface area contributed by atoms with Crippen LogP contribution >= 0.6 is 11.8 Å². The number of benzene rings is 1. The molecule has 0 fully saturated rings. The summed E-state index contributed by atoms with van der Waals surface area (Å²) < 4.78 is 7.12. The zero-order chi connectivity index (χ0) is 17.8. The van der Waals surface area contributed by atoms with E-state index in [1.807, 2.05) is 43.1 Å². The summed E-state index contributed by atoms with van der Waals surface area (Å²) in [6.07, 6.45) is 4.27. The Morgan fingerprint density at radius 3 is 3.00 bits per heavy atom. The molecule has 1 N–H and O–H groups in total. The van der Waals surface area contributed by atoms with E-state index in [-0.39, 0.29) is 5.91 Å². The molecule has 1 amide bonds. The topological polar surface area (TPSA) is 76.0 Å². The molecular weight excluding hydrogens is 338 g/mol. The van der Waals surface area contributed by atoms with Crippen LogP contribution in [0.1, 0.15) is 5.82 Å². The van der Waals surface area contributed by atoms with Crippen LogP contribution in [0.15, 0.2) is 35.7 Å². The largest absolute Gasteiger partial charge is 0.497 e. The van der Waals surface area contributed by atoms with Crippen LogP contribution in [0, 0.1) is 0 Å². The minimum atomic E-state index is 0.0748. The highest BCUT2D eigenvalue weighted by Crippen LogP contribution is 2.19. The molecule has 0 aliphatic rings. The maximum Gasteiger partial charge on any atom is 0.232 e. The molecule has 1 aromatic carbocycles. The molecule has 0 saturated carbocycles. The van der Waals surface area contributed by atoms with Crippen molar-refractivity contribution in [3.63, 3.8) is 0 Å². The van der Waals surface area contributed by atoms with Crippen molar-refractivity contribution in [2.75, 3.05) is 26.5 Å². The van der Waals surface area contributed by atoms with Gasteiger partial charge >= 0.3 is 0 Å². The molecule has 0 aliphatic heterocycles. The lowest BCUT2D eigenvalue weighted by Gasteiger charge is -2.16. The van der Waals surface area contributed by atoms with Crippen molar-refractivity contribution in [1.29, 1.82) is 0 Å². The van der Waals surface area contributed by atoms with E-state index in [1.165, 1.54) is 11.8 Å². The van der Waals surface area contributed by atoms with Gasteiger partial charge in [0.25, 0.3) is 0 Å². The molecular formula is C17H21N5O2S. The number of nitrogens with one attached hydrogen (secondary N) is 1. The van der Waals surface area contributed by atoms with Gasteiger partial charge < -0.3 is 19.2 Å². The Labute approximate surface area is 150 Å². The fraction of sp³-hybridized carbons (Fsp3) is 0.353. The minimum absolute atomic E-state index is 0.0748. The molecule has 0 saturated heterocycles. The third kappa shape index (κ3) is 4.14. The maximum atomic E-state index is 12.2. The number of carbonyl (C=O) groups is 1. The summed E-state index contributed by atoms with van der Waals surface area (Å²) in [5.74, 6) is 2.10. The van der Waals surface area contributed by atoms with E-state index in [0.717, 1.165) is 27.8 Å². The monoisotopic (exact) mass is 359 g/mol. The van der Waals surface area contributed by atoms with Crippen LogP contribution in [-0.4, -0.2) is 56.8 Å². The second-order valence-electron chi connectivity index (χ2n) is 5.74. The number of hydrogen-bond acceptors (Lipinski definition) is 5. The Kier molecular flexibility index (Phi) is 5.28. The number of ether oxygens (including phenoxy) is 1. The highest BCUT2D eigenvalue weighted by atomic mass is 32.2. The Hall–Kier alpha value is -2.48. The molecule has 0 aliphatic carbocycles. The first-order valence-electron chi connectivity index (χ1n) is 7.93. The molecule has 0 bridgehead atoms. The Balaban J connectivity index is 1.53. The predicted octanol–water partition coefficient (Wildman–Crippen LogP) is 2.10. The number of methoxy groups -OCH3 is 1. The van der Waals surface area contributed by atoms with Crippen molar-refractivity contribution in [2.45, 2.75) is 11.6 Å². The van der Waals surface area contributed by atoms with Gasteiger partial charge in [-0.15, -0.1) is 0 Å². The molecule has 3 aromatic rings. The van der Waals surface area contributed by atoms with E-state index in [1.54, 1.807) is 18.2 Å². The van der Waals surface area contributed by atoms with Crippen molar-refractivity contribution >= 4 is 28.7 Å². The summed E-state index contributed by atoms with van der Waals surface area (Å²) in [6.45, 7) is 0.608. The summed E-state index contributed by atoms with van der Waals surface area (Å²) in [5.41, 5.74) is 1.84. The lowest BCUT2D eigenvalue weighted by molar-refractivity contribution is -0.127. The highest BCUT2D eigenvalue weighted by Gasteiger charge is 2.12. The fourth-order valence-corrected chi connectivity index (χ4v) is 3.29. The first kappa shape index (κ1) is 17.3. The van der Waals surface area contributed by atoms with Crippen molar-refractivity contribution in [3.05, 3.63) is 36.4 Å². The number of aryl methyl sites for hydroxylation is 1. The van der Waals surface area contributed by atoms with Crippen LogP contribution in [0.5, 0.6) is 5.75 Å². The Morgan fingerprint density at radius 1 is 1.44 bits per heavy atom. The molecule has 0 atom stereocenters. The zero-order valence-electron chi connectivity index (χ0n) is 14.5. The van der Waals surface area contributed by atoms with Crippen LogP contribution in [0.25, 0.3) is 11.0 Å². The molecule has 2 heterocycles. The molecule has 8 heteroatoms. The number of aromatic amines is 1. The number of amides is 1. The van der Waals surface area contributed by atoms with Gasteiger partial charge in [0.15, 0.2) is 5.16 Å². The summed E-state index contributed by atoms with van der Waals surface area (Å²) in [7, 11) is 5.37. The van der Waals surface area contributed by atoms with Gasteiger partial charge in [-0.05, 0) is 12.1 Å². The van der Waals surface area contributed by atoms with Crippen LogP contribution in [-0.2, 0) is 18.3 Å². The molecule has 0 unspecified atom stereocenters. The number of likely N-dealkylation sites (N-methyl/N-ethyl adjacent to an activating group) is 1. The summed E-state index contributed by atoms with van der Waals surface area (Å²) in [4.78, 5) is 26.0. The van der Waals surface area contributed by atoms with E-state index >= 15 is 0 Å². The minimum Gasteiger partial charge on any atom is -0.497 e. The number of carbonyl (C=O) groups excluding carboxylic acids is 1. The van der Waals surface area contributed by atoms with Crippen molar-refractivity contribution in [2.24, 2.45) is 7.05 Å². The van der Waals surface area contributed by atoms with E-state index in [2.05, 4.69) is 15.0 Å². The lowest BCUT2D eigenvalue weighted by atomic mass is 10.3. The van der Waals surface area contributed by atoms with E-state index < -0.39 is 0 Å². The standard InChI is InChI=1S/C17H21N5O2S/c1-21(16(23)11-25-17-18-7-9-22(17)2)8-6-15-19-13-5-4-12(24-3)10-14(13)20-15/h4-5,7,9-10H,6,8,11H2,1-3H3,(H,19,20). The lowest BCUT2D eigenvalue weighted by Crippen LogP contribution is -2.30. The molecule has 25 heavy (non-hydrogen) atoms. The van der Waals surface area contributed by atoms with Gasteiger partial charge in [0.1, 0.15) is 11.6 Å². The SMILES string of the molecule is COc1ccc2nc(CCN(C)C(=O)CSc3nccn3C)[nH]c2c1. The second-order valence-corrected chi connectivity index (χ2v) is 6.68. The normalized spacial score (nSPS) is 11.0. The number of fused-ring (bicyclic) bond motifs is 1. The number of H-pyrrole nitrogens is 1. The number of aromatic nitrogens is 4. The van der Waals surface area contributed by atoms with Crippen LogP contribution in [0.2, 0.25) is 0 Å². The fourth-order valence-electron chi connectivity index (χ4n) is 2.41. The zero-order valence-corrected chi connectivity index (χ0v) is 15.3. The molecule has 0 radical (unpaired) electrons. The van der Waals surface area contributed by atoms with E-state index in [9.17, 15) is 4.79 Å². The van der Waals surface area contributed by atoms with Crippen molar-refractivity contribution in [3.8, 4) is 5.75 Å². The van der Waals surface area contributed by atoms with Gasteiger partial charge in [-0.1, -0.05) is 11.8 Å². The second kappa shape index (κ2) is 7.60. The van der Waals surface area contributed by atoms with E-state index in [0.29, 0.717) is 18.7 Å². The average Bonchev–Trinajstić information content (AvgIpc) is 3.22. The van der Waals surface area contributed by atoms with Crippen LogP contribution < -0.4 is 4.74 Å². The third-order valence-electron chi connectivity index (χ3n) is 3.95. The van der Waals surface area contributed by atoms with E-state index in [4.69, 9.17) is 4.74 Å². The quantitative estimate of drug-likeness (QED) is 0.654. The van der Waals surface area contributed by atoms with Crippen molar-refractivity contribution < 1.29 is 9.53 Å². The summed E-state index contributed by atoms with van der Waals surface area (Å²) in [6, 6.07) is 5.73. The van der Waals surface area contributed by atoms with Crippen LogP contribution in [0.3, 0.4) is 0 Å². The Morgan fingerprint density at radius 2 is 2.28 bits per heavy atom. The van der Waals surface area contributed by atoms with Crippen molar-refractivity contribution in [1.82, 2.24) is 24.4 Å². The molecule has 7 nitrogen and oxygen atoms in total. The Bertz CT molecular complexity index is 873. The third-order valence-corrected chi connectivity index (χ3v) is 4.99. The van der Waals surface area contributed by atoms with Gasteiger partial charge in [-0.2, -0.15) is 0 Å².